The van der Waals surface area contributed by atoms with Gasteiger partial charge in [0, 0.05) is 6.54 Å². The molecule has 1 amide bonds. The van der Waals surface area contributed by atoms with E-state index in [2.05, 4.69) is 5.32 Å². The summed E-state index contributed by atoms with van der Waals surface area (Å²) in [6.45, 7) is -0.310. The first kappa shape index (κ1) is 23.5. The highest BCUT2D eigenvalue weighted by Crippen LogP contribution is 2.21. The van der Waals surface area contributed by atoms with E-state index < -0.39 is 36.9 Å². The minimum Gasteiger partial charge on any atom is -0.475 e. The molecule has 6 nitrogen and oxygen atoms in total. The molecule has 0 radical (unpaired) electrons. The van der Waals surface area contributed by atoms with Crippen LogP contribution >= 0.6 is 0 Å². The SMILES string of the molecule is NCC(CC(F)(F)F)NC(=O)OCc1ccccc1.O=C(O)C(F)(F)F. The molecule has 1 aromatic rings. The number of alkyl carbamates (subject to hydrolysis) is 1. The molecule has 148 valence electrons. The van der Waals surface area contributed by atoms with Crippen LogP contribution in [0.15, 0.2) is 30.3 Å². The third-order valence-corrected chi connectivity index (χ3v) is 2.54. The van der Waals surface area contributed by atoms with E-state index in [1.165, 1.54) is 0 Å². The van der Waals surface area contributed by atoms with Gasteiger partial charge in [-0.3, -0.25) is 0 Å². The summed E-state index contributed by atoms with van der Waals surface area (Å²) in [6, 6.07) is 7.64. The lowest BCUT2D eigenvalue weighted by Gasteiger charge is -2.18. The van der Waals surface area contributed by atoms with E-state index in [9.17, 15) is 31.1 Å². The van der Waals surface area contributed by atoms with Gasteiger partial charge in [-0.15, -0.1) is 0 Å². The van der Waals surface area contributed by atoms with Crippen LogP contribution in [0.5, 0.6) is 0 Å². The number of aliphatic carboxylic acids is 1. The van der Waals surface area contributed by atoms with Crippen LogP contribution in [0.1, 0.15) is 12.0 Å². The highest BCUT2D eigenvalue weighted by atomic mass is 19.4. The van der Waals surface area contributed by atoms with Crippen LogP contribution in [-0.2, 0) is 16.1 Å². The Morgan fingerprint density at radius 2 is 1.62 bits per heavy atom. The van der Waals surface area contributed by atoms with Gasteiger partial charge in [-0.05, 0) is 5.56 Å². The van der Waals surface area contributed by atoms with Crippen LogP contribution < -0.4 is 11.1 Å². The molecule has 1 unspecified atom stereocenters. The van der Waals surface area contributed by atoms with Crippen molar-refractivity contribution in [3.63, 3.8) is 0 Å². The largest absolute Gasteiger partial charge is 0.490 e. The molecule has 1 atom stereocenters. The van der Waals surface area contributed by atoms with Gasteiger partial charge in [0.15, 0.2) is 0 Å². The van der Waals surface area contributed by atoms with E-state index in [-0.39, 0.29) is 13.2 Å². The number of alkyl halides is 6. The second-order valence-corrected chi connectivity index (χ2v) is 4.76. The lowest BCUT2D eigenvalue weighted by Crippen LogP contribution is -2.43. The highest BCUT2D eigenvalue weighted by molar-refractivity contribution is 5.73. The van der Waals surface area contributed by atoms with Crippen LogP contribution in [0.2, 0.25) is 0 Å². The summed E-state index contributed by atoms with van der Waals surface area (Å²) in [4.78, 5) is 20.2. The quantitative estimate of drug-likeness (QED) is 0.671. The Balaban J connectivity index is 0.000000758. The van der Waals surface area contributed by atoms with Crippen molar-refractivity contribution in [3.8, 4) is 0 Å². The van der Waals surface area contributed by atoms with Crippen molar-refractivity contribution in [2.75, 3.05) is 6.54 Å². The lowest BCUT2D eigenvalue weighted by atomic mass is 10.2. The van der Waals surface area contributed by atoms with Crippen molar-refractivity contribution < 1.29 is 45.8 Å². The van der Waals surface area contributed by atoms with Crippen molar-refractivity contribution in [2.45, 2.75) is 31.4 Å². The first-order chi connectivity index (χ1) is 11.8. The molecule has 4 N–H and O–H groups in total. The number of carboxylic acid groups (broad SMARTS) is 1. The zero-order valence-electron chi connectivity index (χ0n) is 13.1. The number of carboxylic acids is 1. The minimum atomic E-state index is -5.08. The van der Waals surface area contributed by atoms with Gasteiger partial charge in [-0.2, -0.15) is 26.3 Å². The molecule has 0 aliphatic heterocycles. The highest BCUT2D eigenvalue weighted by Gasteiger charge is 2.38. The summed E-state index contributed by atoms with van der Waals surface area (Å²) in [5, 5.41) is 9.21. The van der Waals surface area contributed by atoms with Gasteiger partial charge in [0.05, 0.1) is 12.5 Å². The molecule has 0 saturated heterocycles. The molecular formula is C14H16F6N2O4. The standard InChI is InChI=1S/C12H15F3N2O2.C2HF3O2/c13-12(14,15)6-10(7-16)17-11(18)19-8-9-4-2-1-3-5-9;3-2(4,5)1(6)7/h1-5,10H,6-8,16H2,(H,17,18);(H,6,7). The van der Waals surface area contributed by atoms with Crippen LogP contribution in [0.3, 0.4) is 0 Å². The zero-order valence-corrected chi connectivity index (χ0v) is 13.1. The molecule has 0 bridgehead atoms. The van der Waals surface area contributed by atoms with Gasteiger partial charge in [0.1, 0.15) is 6.61 Å². The number of hydrogen-bond donors (Lipinski definition) is 3. The average molecular weight is 390 g/mol. The molecule has 0 spiro atoms. The van der Waals surface area contributed by atoms with Crippen molar-refractivity contribution in [3.05, 3.63) is 35.9 Å². The number of benzene rings is 1. The molecule has 0 heterocycles. The number of nitrogens with two attached hydrogens (primary N) is 1. The maximum atomic E-state index is 12.1. The van der Waals surface area contributed by atoms with Gasteiger partial charge >= 0.3 is 24.4 Å². The molecule has 0 aliphatic carbocycles. The monoisotopic (exact) mass is 390 g/mol. The number of carbonyl (C=O) groups excluding carboxylic acids is 1. The van der Waals surface area contributed by atoms with Gasteiger partial charge in [0.2, 0.25) is 0 Å². The summed E-state index contributed by atoms with van der Waals surface area (Å²) in [6.07, 6.45) is -11.6. The van der Waals surface area contributed by atoms with E-state index in [4.69, 9.17) is 20.4 Å². The Bertz CT molecular complexity index is 563. The summed E-state index contributed by atoms with van der Waals surface area (Å²) in [5.41, 5.74) is 5.91. The fraction of sp³-hybridized carbons (Fsp3) is 0.429. The van der Waals surface area contributed by atoms with Crippen molar-refractivity contribution in [1.29, 1.82) is 0 Å². The Kier molecular flexibility index (Phi) is 9.47. The van der Waals surface area contributed by atoms with Crippen LogP contribution in [-0.4, -0.2) is 42.1 Å². The van der Waals surface area contributed by atoms with Crippen LogP contribution in [0, 0.1) is 0 Å². The molecule has 12 heteroatoms. The average Bonchev–Trinajstić information content (AvgIpc) is 2.51. The first-order valence-corrected chi connectivity index (χ1v) is 6.89. The third-order valence-electron chi connectivity index (χ3n) is 2.54. The number of carbonyl (C=O) groups is 2. The fourth-order valence-corrected chi connectivity index (χ4v) is 1.40. The second kappa shape index (κ2) is 10.5. The predicted molar refractivity (Wildman–Crippen MR) is 77.0 cm³/mol. The van der Waals surface area contributed by atoms with E-state index in [1.807, 2.05) is 0 Å². The lowest BCUT2D eigenvalue weighted by molar-refractivity contribution is -0.192. The van der Waals surface area contributed by atoms with Gasteiger partial charge in [-0.25, -0.2) is 9.59 Å². The Labute approximate surface area is 143 Å². The number of rotatable bonds is 5. The van der Waals surface area contributed by atoms with Crippen LogP contribution in [0.4, 0.5) is 31.1 Å². The number of halogens is 6. The normalized spacial score (nSPS) is 12.4. The number of nitrogens with one attached hydrogen (secondary N) is 1. The van der Waals surface area contributed by atoms with Crippen molar-refractivity contribution in [1.82, 2.24) is 5.32 Å². The van der Waals surface area contributed by atoms with Crippen LogP contribution in [0.25, 0.3) is 0 Å². The number of ether oxygens (including phenoxy) is 1. The Hall–Kier alpha value is -2.50. The maximum Gasteiger partial charge on any atom is 0.490 e. The molecule has 1 aromatic carbocycles. The topological polar surface area (TPSA) is 102 Å². The molecule has 1 rings (SSSR count). The number of amides is 1. The Morgan fingerprint density at radius 3 is 2.00 bits per heavy atom. The maximum absolute atomic E-state index is 12.1. The molecule has 26 heavy (non-hydrogen) atoms. The summed E-state index contributed by atoms with van der Waals surface area (Å²) < 4.78 is 73.0. The van der Waals surface area contributed by atoms with Gasteiger partial charge < -0.3 is 20.9 Å². The smallest absolute Gasteiger partial charge is 0.475 e. The molecule has 0 aromatic heterocycles. The van der Waals surface area contributed by atoms with E-state index in [0.717, 1.165) is 5.56 Å². The van der Waals surface area contributed by atoms with Gasteiger partial charge in [-0.1, -0.05) is 30.3 Å². The summed E-state index contributed by atoms with van der Waals surface area (Å²) in [5.74, 6) is -2.76. The first-order valence-electron chi connectivity index (χ1n) is 6.89. The number of hydrogen-bond acceptors (Lipinski definition) is 4. The third kappa shape index (κ3) is 11.9. The summed E-state index contributed by atoms with van der Waals surface area (Å²) in [7, 11) is 0. The molecule has 0 saturated carbocycles. The van der Waals surface area contributed by atoms with Crippen molar-refractivity contribution in [2.24, 2.45) is 5.73 Å². The molecule has 0 fully saturated rings. The molecular weight excluding hydrogens is 374 g/mol. The zero-order chi connectivity index (χ0) is 20.4. The molecule has 0 aliphatic rings. The van der Waals surface area contributed by atoms with E-state index >= 15 is 0 Å². The Morgan fingerprint density at radius 1 is 1.12 bits per heavy atom. The fourth-order valence-electron chi connectivity index (χ4n) is 1.40. The van der Waals surface area contributed by atoms with Crippen molar-refractivity contribution >= 4 is 12.1 Å². The minimum absolute atomic E-state index is 0.00399. The second-order valence-electron chi connectivity index (χ2n) is 4.76. The van der Waals surface area contributed by atoms with Gasteiger partial charge in [0.25, 0.3) is 0 Å². The predicted octanol–water partition coefficient (Wildman–Crippen LogP) is 2.83. The summed E-state index contributed by atoms with van der Waals surface area (Å²) >= 11 is 0. The van der Waals surface area contributed by atoms with E-state index in [1.54, 1.807) is 30.3 Å². The van der Waals surface area contributed by atoms with E-state index in [0.29, 0.717) is 0 Å².